The highest BCUT2D eigenvalue weighted by molar-refractivity contribution is 7.99. The molecule has 1 saturated carbocycles. The molecule has 0 saturated heterocycles. The fourth-order valence-corrected chi connectivity index (χ4v) is 5.88. The Kier molecular flexibility index (Phi) is 7.90. The summed E-state index contributed by atoms with van der Waals surface area (Å²) in [6.45, 7) is 4.00. The molecule has 1 aromatic heterocycles. The van der Waals surface area contributed by atoms with Crippen LogP contribution in [0.1, 0.15) is 43.5 Å². The Labute approximate surface area is 182 Å². The van der Waals surface area contributed by atoms with Crippen LogP contribution in [0.4, 0.5) is 0 Å². The van der Waals surface area contributed by atoms with E-state index in [2.05, 4.69) is 20.5 Å². The molecule has 3 rings (SSSR count). The average molecular weight is 452 g/mol. The van der Waals surface area contributed by atoms with Gasteiger partial charge in [-0.15, -0.1) is 5.10 Å². The molecule has 1 heterocycles. The van der Waals surface area contributed by atoms with Crippen LogP contribution in [0.15, 0.2) is 34.3 Å². The molecule has 1 aliphatic rings. The molecule has 0 bridgehead atoms. The Morgan fingerprint density at radius 1 is 1.20 bits per heavy atom. The third-order valence-electron chi connectivity index (χ3n) is 5.14. The minimum Gasteiger partial charge on any atom is -0.354 e. The number of carbonyl (C=O) groups is 1. The summed E-state index contributed by atoms with van der Waals surface area (Å²) in [4.78, 5) is 17.0. The summed E-state index contributed by atoms with van der Waals surface area (Å²) in [7, 11) is -3.74. The van der Waals surface area contributed by atoms with Crippen molar-refractivity contribution in [3.8, 4) is 0 Å². The Morgan fingerprint density at radius 2 is 1.90 bits per heavy atom. The highest BCUT2D eigenvalue weighted by Gasteiger charge is 2.33. The lowest BCUT2D eigenvalue weighted by Gasteiger charge is -2.33. The van der Waals surface area contributed by atoms with E-state index in [-0.39, 0.29) is 23.4 Å². The predicted molar refractivity (Wildman–Crippen MR) is 117 cm³/mol. The summed E-state index contributed by atoms with van der Waals surface area (Å²) in [5.74, 6) is 1.06. The summed E-state index contributed by atoms with van der Waals surface area (Å²) in [6.07, 6.45) is 4.66. The van der Waals surface area contributed by atoms with E-state index in [4.69, 9.17) is 0 Å². The van der Waals surface area contributed by atoms with Gasteiger partial charge in [-0.3, -0.25) is 9.89 Å². The molecule has 1 fully saturated rings. The van der Waals surface area contributed by atoms with Gasteiger partial charge in [0.05, 0.1) is 11.4 Å². The number of amides is 1. The Balaban J connectivity index is 1.63. The summed E-state index contributed by atoms with van der Waals surface area (Å²) in [5.41, 5.74) is 0.995. The van der Waals surface area contributed by atoms with Gasteiger partial charge in [0.1, 0.15) is 5.82 Å². The first-order chi connectivity index (χ1) is 14.4. The van der Waals surface area contributed by atoms with E-state index in [9.17, 15) is 13.2 Å². The molecule has 10 heteroatoms. The molecule has 1 amide bonds. The molecule has 164 valence electrons. The Bertz CT molecular complexity index is 938. The number of thioether (sulfide) groups is 1. The maximum Gasteiger partial charge on any atom is 0.243 e. The number of carbonyl (C=O) groups excluding carboxylic acids is 1. The Hall–Kier alpha value is -1.91. The number of nitrogens with zero attached hydrogens (tertiary/aromatic N) is 3. The number of sulfonamides is 1. The molecule has 0 aliphatic heterocycles. The molecule has 2 N–H and O–H groups in total. The second-order valence-electron chi connectivity index (χ2n) is 7.56. The van der Waals surface area contributed by atoms with Gasteiger partial charge in [-0.25, -0.2) is 13.4 Å². The molecular formula is C20H29N5O3S2. The van der Waals surface area contributed by atoms with Crippen molar-refractivity contribution in [2.75, 3.05) is 18.8 Å². The second kappa shape index (κ2) is 10.4. The molecule has 0 unspecified atom stereocenters. The molecular weight excluding hydrogens is 422 g/mol. The van der Waals surface area contributed by atoms with E-state index in [1.165, 1.54) is 16.1 Å². The van der Waals surface area contributed by atoms with E-state index < -0.39 is 10.0 Å². The van der Waals surface area contributed by atoms with E-state index in [1.807, 2.05) is 13.8 Å². The van der Waals surface area contributed by atoms with E-state index in [0.29, 0.717) is 17.5 Å². The number of benzene rings is 1. The highest BCUT2D eigenvalue weighted by atomic mass is 32.2. The zero-order valence-corrected chi connectivity index (χ0v) is 19.1. The quantitative estimate of drug-likeness (QED) is 0.448. The number of aromatic amines is 1. The van der Waals surface area contributed by atoms with E-state index in [0.717, 1.165) is 43.5 Å². The first kappa shape index (κ1) is 22.8. The van der Waals surface area contributed by atoms with E-state index in [1.54, 1.807) is 24.3 Å². The van der Waals surface area contributed by atoms with Crippen LogP contribution in [0.3, 0.4) is 0 Å². The number of hydrogen-bond acceptors (Lipinski definition) is 6. The fraction of sp³-hybridized carbons (Fsp3) is 0.550. The lowest BCUT2D eigenvalue weighted by atomic mass is 9.95. The average Bonchev–Trinajstić information content (AvgIpc) is 3.15. The van der Waals surface area contributed by atoms with Crippen LogP contribution in [0.5, 0.6) is 0 Å². The molecule has 30 heavy (non-hydrogen) atoms. The summed E-state index contributed by atoms with van der Waals surface area (Å²) >= 11 is 1.43. The molecule has 0 atom stereocenters. The van der Waals surface area contributed by atoms with Gasteiger partial charge < -0.3 is 5.32 Å². The van der Waals surface area contributed by atoms with Gasteiger partial charge >= 0.3 is 0 Å². The maximum absolute atomic E-state index is 13.3. The van der Waals surface area contributed by atoms with Crippen LogP contribution in [-0.4, -0.2) is 58.7 Å². The van der Waals surface area contributed by atoms with Gasteiger partial charge in [0.2, 0.25) is 21.1 Å². The van der Waals surface area contributed by atoms with Gasteiger partial charge in [-0.05, 0) is 38.8 Å². The van der Waals surface area contributed by atoms with Crippen molar-refractivity contribution in [1.29, 1.82) is 0 Å². The van der Waals surface area contributed by atoms with Crippen LogP contribution >= 0.6 is 11.8 Å². The third-order valence-corrected chi connectivity index (χ3v) is 7.90. The van der Waals surface area contributed by atoms with Crippen molar-refractivity contribution in [3.05, 3.63) is 35.7 Å². The van der Waals surface area contributed by atoms with Crippen molar-refractivity contribution in [1.82, 2.24) is 24.8 Å². The lowest BCUT2D eigenvalue weighted by molar-refractivity contribution is -0.121. The predicted octanol–water partition coefficient (Wildman–Crippen LogP) is 2.65. The van der Waals surface area contributed by atoms with Crippen molar-refractivity contribution >= 4 is 27.7 Å². The van der Waals surface area contributed by atoms with Crippen molar-refractivity contribution in [2.24, 2.45) is 0 Å². The number of H-pyrrole nitrogens is 1. The fourth-order valence-electron chi connectivity index (χ4n) is 3.54. The summed E-state index contributed by atoms with van der Waals surface area (Å²) in [5, 5.41) is 10.3. The normalized spacial score (nSPS) is 15.4. The monoisotopic (exact) mass is 451 g/mol. The topological polar surface area (TPSA) is 108 Å². The first-order valence-corrected chi connectivity index (χ1v) is 12.7. The largest absolute Gasteiger partial charge is 0.354 e. The van der Waals surface area contributed by atoms with Crippen LogP contribution in [0.25, 0.3) is 0 Å². The van der Waals surface area contributed by atoms with Crippen LogP contribution < -0.4 is 5.32 Å². The molecule has 1 aromatic carbocycles. The van der Waals surface area contributed by atoms with Crippen molar-refractivity contribution in [3.63, 3.8) is 0 Å². The van der Waals surface area contributed by atoms with Crippen molar-refractivity contribution in [2.45, 2.75) is 62.0 Å². The molecule has 1 aliphatic carbocycles. The number of nitrogens with one attached hydrogen (secondary N) is 2. The SMILES string of the molecule is Cc1ccc(S(=O)(=O)N(CC(=O)NCCSc2n[nH]c(C)n2)C2CCCCC2)cc1. The van der Waals surface area contributed by atoms with Gasteiger partial charge in [-0.1, -0.05) is 48.7 Å². The van der Waals surface area contributed by atoms with E-state index >= 15 is 0 Å². The number of aryl methyl sites for hydroxylation is 2. The van der Waals surface area contributed by atoms with Crippen LogP contribution in [0.2, 0.25) is 0 Å². The maximum atomic E-state index is 13.3. The smallest absolute Gasteiger partial charge is 0.243 e. The Morgan fingerprint density at radius 3 is 2.53 bits per heavy atom. The second-order valence-corrected chi connectivity index (χ2v) is 10.5. The number of aromatic nitrogens is 3. The molecule has 0 radical (unpaired) electrons. The number of hydrogen-bond donors (Lipinski definition) is 2. The zero-order valence-electron chi connectivity index (χ0n) is 17.4. The van der Waals surface area contributed by atoms with Gasteiger partial charge in [-0.2, -0.15) is 4.31 Å². The molecule has 2 aromatic rings. The summed E-state index contributed by atoms with van der Waals surface area (Å²) in [6, 6.07) is 6.67. The standard InChI is InChI=1S/C20H29N5O3S2/c1-15-8-10-18(11-9-15)30(27,28)25(17-6-4-3-5-7-17)14-19(26)21-12-13-29-20-22-16(2)23-24-20/h8-11,17H,3-7,12-14H2,1-2H3,(H,21,26)(H,22,23,24). The minimum absolute atomic E-state index is 0.138. The minimum atomic E-state index is -3.74. The first-order valence-electron chi connectivity index (χ1n) is 10.2. The van der Waals surface area contributed by atoms with Gasteiger partial charge in [0.15, 0.2) is 0 Å². The number of rotatable bonds is 9. The van der Waals surface area contributed by atoms with Gasteiger partial charge in [0.25, 0.3) is 0 Å². The molecule has 0 spiro atoms. The molecule has 8 nitrogen and oxygen atoms in total. The zero-order chi connectivity index (χ0) is 21.6. The van der Waals surface area contributed by atoms with Gasteiger partial charge in [0, 0.05) is 18.3 Å². The summed E-state index contributed by atoms with van der Waals surface area (Å²) < 4.78 is 28.0. The van der Waals surface area contributed by atoms with Crippen molar-refractivity contribution < 1.29 is 13.2 Å². The van der Waals surface area contributed by atoms with Crippen LogP contribution in [0, 0.1) is 13.8 Å². The van der Waals surface area contributed by atoms with Crippen LogP contribution in [-0.2, 0) is 14.8 Å². The lowest BCUT2D eigenvalue weighted by Crippen LogP contribution is -2.47. The highest BCUT2D eigenvalue weighted by Crippen LogP contribution is 2.27. The third kappa shape index (κ3) is 6.05.